The Morgan fingerprint density at radius 3 is 3.00 bits per heavy atom. The van der Waals surface area contributed by atoms with Crippen LogP contribution in [0, 0.1) is 0 Å². The molecule has 0 radical (unpaired) electrons. The van der Waals surface area contributed by atoms with Gasteiger partial charge in [0.2, 0.25) is 0 Å². The Morgan fingerprint density at radius 2 is 2.31 bits per heavy atom. The molecule has 1 saturated heterocycles. The number of hydrogen-bond donors (Lipinski definition) is 1. The molecule has 1 N–H and O–H groups in total. The van der Waals surface area contributed by atoms with Crippen molar-refractivity contribution in [2.24, 2.45) is 7.05 Å². The fraction of sp³-hybridized carbons (Fsp3) is 0.500. The van der Waals surface area contributed by atoms with Crippen LogP contribution in [0.5, 0.6) is 0 Å². The number of rotatable bonds is 2. The third-order valence-electron chi connectivity index (χ3n) is 3.03. The van der Waals surface area contributed by atoms with Crippen molar-refractivity contribution in [3.8, 4) is 11.4 Å². The van der Waals surface area contributed by atoms with Crippen LogP contribution in [-0.2, 0) is 7.05 Å². The second-order valence-electron chi connectivity index (χ2n) is 4.10. The van der Waals surface area contributed by atoms with Gasteiger partial charge in [0, 0.05) is 13.6 Å². The predicted molar refractivity (Wildman–Crippen MR) is 58.7 cm³/mol. The van der Waals surface area contributed by atoms with Gasteiger partial charge in [0.25, 0.3) is 0 Å². The monoisotopic (exact) mass is 218 g/mol. The number of hydrogen-bond acceptors (Lipinski definition) is 4. The highest BCUT2D eigenvalue weighted by Gasteiger charge is 2.21. The van der Waals surface area contributed by atoms with Gasteiger partial charge in [-0.05, 0) is 13.0 Å². The van der Waals surface area contributed by atoms with E-state index in [1.165, 1.54) is 0 Å². The third-order valence-corrected chi connectivity index (χ3v) is 3.03. The summed E-state index contributed by atoms with van der Waals surface area (Å²) >= 11 is 0. The smallest absolute Gasteiger partial charge is 0.107 e. The number of aromatic nitrogens is 5. The lowest BCUT2D eigenvalue weighted by atomic mass is 10.2. The maximum Gasteiger partial charge on any atom is 0.107 e. The van der Waals surface area contributed by atoms with Gasteiger partial charge >= 0.3 is 0 Å². The molecule has 6 heteroatoms. The molecule has 1 aliphatic rings. The zero-order valence-corrected chi connectivity index (χ0v) is 9.17. The molecule has 1 fully saturated rings. The van der Waals surface area contributed by atoms with Crippen LogP contribution in [-0.4, -0.2) is 37.6 Å². The van der Waals surface area contributed by atoms with Crippen LogP contribution < -0.4 is 5.32 Å². The lowest BCUT2D eigenvalue weighted by Gasteiger charge is -2.12. The van der Waals surface area contributed by atoms with E-state index in [9.17, 15) is 0 Å². The molecule has 0 amide bonds. The highest BCUT2D eigenvalue weighted by molar-refractivity contribution is 5.52. The quantitative estimate of drug-likeness (QED) is 0.783. The lowest BCUT2D eigenvalue weighted by Crippen LogP contribution is -2.16. The third kappa shape index (κ3) is 1.42. The average Bonchev–Trinajstić information content (AvgIpc) is 2.95. The molecule has 16 heavy (non-hydrogen) atoms. The van der Waals surface area contributed by atoms with Crippen molar-refractivity contribution >= 4 is 0 Å². The van der Waals surface area contributed by atoms with Crippen LogP contribution in [0.4, 0.5) is 0 Å². The molecule has 84 valence electrons. The van der Waals surface area contributed by atoms with E-state index < -0.39 is 0 Å². The number of nitrogens with zero attached hydrogens (tertiary/aromatic N) is 5. The second kappa shape index (κ2) is 3.71. The van der Waals surface area contributed by atoms with Crippen LogP contribution in [0.15, 0.2) is 18.7 Å². The van der Waals surface area contributed by atoms with Gasteiger partial charge in [-0.15, -0.1) is 5.10 Å². The van der Waals surface area contributed by atoms with Gasteiger partial charge in [0.15, 0.2) is 0 Å². The molecule has 0 aliphatic carbocycles. The first-order valence-electron chi connectivity index (χ1n) is 5.44. The molecule has 1 atom stereocenters. The minimum Gasteiger partial charge on any atom is -0.332 e. The first-order chi connectivity index (χ1) is 7.86. The summed E-state index contributed by atoms with van der Waals surface area (Å²) in [5, 5.41) is 11.5. The van der Waals surface area contributed by atoms with Crippen LogP contribution in [0.2, 0.25) is 0 Å². The molecule has 3 rings (SSSR count). The van der Waals surface area contributed by atoms with Crippen molar-refractivity contribution in [3.05, 3.63) is 18.7 Å². The minimum atomic E-state index is 0.410. The van der Waals surface area contributed by atoms with Crippen molar-refractivity contribution in [1.29, 1.82) is 0 Å². The Bertz CT molecular complexity index is 479. The Labute approximate surface area is 93.3 Å². The maximum atomic E-state index is 4.18. The molecular formula is C10H14N6. The summed E-state index contributed by atoms with van der Waals surface area (Å²) in [4.78, 5) is 4.12. The summed E-state index contributed by atoms with van der Waals surface area (Å²) in [6.45, 7) is 2.02. The fourth-order valence-corrected chi connectivity index (χ4v) is 2.15. The lowest BCUT2D eigenvalue weighted by molar-refractivity contribution is 0.479. The number of imidazole rings is 1. The van der Waals surface area contributed by atoms with E-state index in [1.54, 1.807) is 12.5 Å². The summed E-state index contributed by atoms with van der Waals surface area (Å²) in [6.07, 6.45) is 6.54. The van der Waals surface area contributed by atoms with Gasteiger partial charge in [-0.3, -0.25) is 0 Å². The highest BCUT2D eigenvalue weighted by Crippen LogP contribution is 2.23. The van der Waals surface area contributed by atoms with Crippen molar-refractivity contribution in [3.63, 3.8) is 0 Å². The molecule has 1 aliphatic heterocycles. The summed E-state index contributed by atoms with van der Waals surface area (Å²) in [5.41, 5.74) is 2.09. The molecule has 2 aromatic rings. The van der Waals surface area contributed by atoms with Gasteiger partial charge in [-0.1, -0.05) is 5.21 Å². The standard InChI is InChI=1S/C10H14N6/c1-15-7-12-5-9(15)10-6-13-14-16(10)8-2-3-11-4-8/h5-8,11H,2-4H2,1H3. The molecule has 3 heterocycles. The number of aryl methyl sites for hydroxylation is 1. The van der Waals surface area contributed by atoms with Crippen molar-refractivity contribution in [2.45, 2.75) is 12.5 Å². The maximum absolute atomic E-state index is 4.18. The first-order valence-corrected chi connectivity index (χ1v) is 5.44. The van der Waals surface area contributed by atoms with Gasteiger partial charge in [0.1, 0.15) is 5.69 Å². The second-order valence-corrected chi connectivity index (χ2v) is 4.10. The molecule has 6 nitrogen and oxygen atoms in total. The fourth-order valence-electron chi connectivity index (χ4n) is 2.15. The van der Waals surface area contributed by atoms with E-state index in [0.717, 1.165) is 30.9 Å². The van der Waals surface area contributed by atoms with Crippen molar-refractivity contribution in [2.75, 3.05) is 13.1 Å². The topological polar surface area (TPSA) is 60.6 Å². The molecule has 1 unspecified atom stereocenters. The van der Waals surface area contributed by atoms with Gasteiger partial charge < -0.3 is 9.88 Å². The van der Waals surface area contributed by atoms with E-state index in [1.807, 2.05) is 22.5 Å². The Hall–Kier alpha value is -1.69. The average molecular weight is 218 g/mol. The summed E-state index contributed by atoms with van der Waals surface area (Å²) < 4.78 is 3.98. The van der Waals surface area contributed by atoms with Crippen molar-refractivity contribution in [1.82, 2.24) is 29.9 Å². The zero-order valence-electron chi connectivity index (χ0n) is 9.17. The minimum absolute atomic E-state index is 0.410. The van der Waals surface area contributed by atoms with Crippen molar-refractivity contribution < 1.29 is 0 Å². The molecular weight excluding hydrogens is 204 g/mol. The Morgan fingerprint density at radius 1 is 1.38 bits per heavy atom. The van der Waals surface area contributed by atoms with Gasteiger partial charge in [-0.2, -0.15) is 0 Å². The zero-order chi connectivity index (χ0) is 11.0. The highest BCUT2D eigenvalue weighted by atomic mass is 15.4. The largest absolute Gasteiger partial charge is 0.332 e. The molecule has 0 saturated carbocycles. The molecule has 0 aromatic carbocycles. The SMILES string of the molecule is Cn1cncc1-c1cnnn1C1CCNC1. The summed E-state index contributed by atoms with van der Waals surface area (Å²) in [6, 6.07) is 0.410. The van der Waals surface area contributed by atoms with Crippen LogP contribution in [0.1, 0.15) is 12.5 Å². The predicted octanol–water partition coefficient (Wildman–Crippen LogP) is 0.213. The van der Waals surface area contributed by atoms with E-state index >= 15 is 0 Å². The summed E-state index contributed by atoms with van der Waals surface area (Å²) in [5.74, 6) is 0. The normalized spacial score (nSPS) is 20.4. The van der Waals surface area contributed by atoms with E-state index in [0.29, 0.717) is 6.04 Å². The summed E-state index contributed by atoms with van der Waals surface area (Å²) in [7, 11) is 1.98. The van der Waals surface area contributed by atoms with E-state index in [2.05, 4.69) is 20.6 Å². The molecule has 0 bridgehead atoms. The first kappa shape index (κ1) is 9.53. The Balaban J connectivity index is 2.02. The van der Waals surface area contributed by atoms with E-state index in [4.69, 9.17) is 0 Å². The van der Waals surface area contributed by atoms with Crippen LogP contribution in [0.3, 0.4) is 0 Å². The molecule has 0 spiro atoms. The Kier molecular flexibility index (Phi) is 2.21. The number of nitrogens with one attached hydrogen (secondary N) is 1. The van der Waals surface area contributed by atoms with Crippen LogP contribution in [0.25, 0.3) is 11.4 Å². The van der Waals surface area contributed by atoms with Gasteiger partial charge in [0.05, 0.1) is 30.5 Å². The van der Waals surface area contributed by atoms with E-state index in [-0.39, 0.29) is 0 Å². The van der Waals surface area contributed by atoms with Gasteiger partial charge in [-0.25, -0.2) is 9.67 Å². The van der Waals surface area contributed by atoms with Crippen LogP contribution >= 0.6 is 0 Å². The molecule has 2 aromatic heterocycles.